The molecule has 0 saturated carbocycles. The number of benzene rings is 1. The quantitative estimate of drug-likeness (QED) is 0.739. The predicted molar refractivity (Wildman–Crippen MR) is 68.1 cm³/mol. The first-order chi connectivity index (χ1) is 8.71. The molecule has 0 fully saturated rings. The van der Waals surface area contributed by atoms with Crippen LogP contribution >= 0.6 is 23.2 Å². The number of halogens is 5. The van der Waals surface area contributed by atoms with E-state index in [1.807, 2.05) is 0 Å². The van der Waals surface area contributed by atoms with E-state index in [1.54, 1.807) is 19.1 Å². The van der Waals surface area contributed by atoms with E-state index in [4.69, 9.17) is 23.2 Å². The summed E-state index contributed by atoms with van der Waals surface area (Å²) in [5.41, 5.74) is 0.112. The van der Waals surface area contributed by atoms with Crippen LogP contribution in [-0.2, 0) is 6.18 Å². The number of aromatic nitrogens is 2. The molecule has 0 atom stereocenters. The fourth-order valence-corrected chi connectivity index (χ4v) is 2.03. The molecule has 1 heterocycles. The molecule has 2 aromatic rings. The zero-order chi connectivity index (χ0) is 14.4. The number of alkyl halides is 3. The van der Waals surface area contributed by atoms with Gasteiger partial charge in [-0.15, -0.1) is 0 Å². The molecule has 0 aliphatic rings. The minimum Gasteiger partial charge on any atom is -0.221 e. The molecule has 1 aromatic carbocycles. The lowest BCUT2D eigenvalue weighted by atomic mass is 10.2. The molecule has 0 bridgehead atoms. The SMILES string of the molecule is Cc1ccc(-n2nc(C(F)(F)F)c(C)c2Cl)cc1Cl. The van der Waals surface area contributed by atoms with E-state index in [2.05, 4.69) is 5.10 Å². The zero-order valence-electron chi connectivity index (χ0n) is 10.0. The van der Waals surface area contributed by atoms with Crippen LogP contribution in [0.3, 0.4) is 0 Å². The van der Waals surface area contributed by atoms with E-state index in [-0.39, 0.29) is 10.7 Å². The molecule has 0 saturated heterocycles. The van der Waals surface area contributed by atoms with Crippen LogP contribution in [0.15, 0.2) is 18.2 Å². The largest absolute Gasteiger partial charge is 0.435 e. The average Bonchev–Trinajstić information content (AvgIpc) is 2.60. The third-order valence-electron chi connectivity index (χ3n) is 2.72. The summed E-state index contributed by atoms with van der Waals surface area (Å²) >= 11 is 11.9. The van der Waals surface area contributed by atoms with E-state index in [1.165, 1.54) is 13.0 Å². The second-order valence-electron chi connectivity index (χ2n) is 4.11. The lowest BCUT2D eigenvalue weighted by Gasteiger charge is -2.05. The van der Waals surface area contributed by atoms with Crippen LogP contribution in [0.2, 0.25) is 10.2 Å². The first kappa shape index (κ1) is 14.2. The summed E-state index contributed by atoms with van der Waals surface area (Å²) < 4.78 is 39.3. The van der Waals surface area contributed by atoms with Gasteiger partial charge in [0.15, 0.2) is 5.69 Å². The molecule has 2 nitrogen and oxygen atoms in total. The Kier molecular flexibility index (Phi) is 3.53. The van der Waals surface area contributed by atoms with Crippen LogP contribution in [0.1, 0.15) is 16.8 Å². The van der Waals surface area contributed by atoms with Gasteiger partial charge in [-0.1, -0.05) is 29.3 Å². The van der Waals surface area contributed by atoms with Crippen molar-refractivity contribution in [2.45, 2.75) is 20.0 Å². The maximum absolute atomic E-state index is 12.7. The minimum atomic E-state index is -4.53. The molecular weight excluding hydrogens is 300 g/mol. The fraction of sp³-hybridized carbons (Fsp3) is 0.250. The lowest BCUT2D eigenvalue weighted by Crippen LogP contribution is -2.08. The number of rotatable bonds is 1. The maximum Gasteiger partial charge on any atom is 0.435 e. The first-order valence-corrected chi connectivity index (χ1v) is 6.06. The normalized spacial score (nSPS) is 11.9. The highest BCUT2D eigenvalue weighted by atomic mass is 35.5. The van der Waals surface area contributed by atoms with Crippen molar-refractivity contribution >= 4 is 23.2 Å². The smallest absolute Gasteiger partial charge is 0.221 e. The number of aryl methyl sites for hydroxylation is 1. The topological polar surface area (TPSA) is 17.8 Å². The number of nitrogens with zero attached hydrogens (tertiary/aromatic N) is 2. The van der Waals surface area contributed by atoms with Crippen molar-refractivity contribution in [3.63, 3.8) is 0 Å². The van der Waals surface area contributed by atoms with Crippen molar-refractivity contribution in [2.24, 2.45) is 0 Å². The van der Waals surface area contributed by atoms with Crippen LogP contribution in [0.5, 0.6) is 0 Å². The van der Waals surface area contributed by atoms with Crippen molar-refractivity contribution < 1.29 is 13.2 Å². The molecule has 0 N–H and O–H groups in total. The summed E-state index contributed by atoms with van der Waals surface area (Å²) in [6.07, 6.45) is -4.53. The summed E-state index contributed by atoms with van der Waals surface area (Å²) in [6, 6.07) is 4.83. The molecule has 19 heavy (non-hydrogen) atoms. The summed E-state index contributed by atoms with van der Waals surface area (Å²) in [5.74, 6) is 0. The van der Waals surface area contributed by atoms with E-state index < -0.39 is 11.9 Å². The Balaban J connectivity index is 2.60. The molecule has 2 rings (SSSR count). The number of hydrogen-bond donors (Lipinski definition) is 0. The van der Waals surface area contributed by atoms with Gasteiger partial charge in [0.2, 0.25) is 0 Å². The molecule has 1 aromatic heterocycles. The van der Waals surface area contributed by atoms with E-state index in [9.17, 15) is 13.2 Å². The van der Waals surface area contributed by atoms with Crippen LogP contribution < -0.4 is 0 Å². The second-order valence-corrected chi connectivity index (χ2v) is 4.87. The van der Waals surface area contributed by atoms with Gasteiger partial charge in [-0.25, -0.2) is 4.68 Å². The third kappa shape index (κ3) is 2.58. The minimum absolute atomic E-state index is 0.0766. The Hall–Kier alpha value is -1.20. The van der Waals surface area contributed by atoms with Gasteiger partial charge in [-0.3, -0.25) is 0 Å². The summed E-state index contributed by atoms with van der Waals surface area (Å²) in [7, 11) is 0. The standard InChI is InChI=1S/C12H9Cl2F3N2/c1-6-3-4-8(5-9(6)13)19-11(14)7(2)10(18-19)12(15,16)17/h3-5H,1-2H3. The van der Waals surface area contributed by atoms with Crippen LogP contribution in [-0.4, -0.2) is 9.78 Å². The molecule has 0 spiro atoms. The van der Waals surface area contributed by atoms with Gasteiger partial charge >= 0.3 is 6.18 Å². The molecule has 0 radical (unpaired) electrons. The van der Waals surface area contributed by atoms with E-state index in [0.717, 1.165) is 10.2 Å². The van der Waals surface area contributed by atoms with Crippen molar-refractivity contribution in [3.05, 3.63) is 45.2 Å². The van der Waals surface area contributed by atoms with Gasteiger partial charge in [-0.2, -0.15) is 18.3 Å². The first-order valence-electron chi connectivity index (χ1n) is 5.30. The Labute approximate surface area is 117 Å². The Morgan fingerprint density at radius 2 is 1.79 bits per heavy atom. The van der Waals surface area contributed by atoms with Gasteiger partial charge in [0.1, 0.15) is 5.15 Å². The molecule has 102 valence electrons. The molecule has 0 amide bonds. The highest BCUT2D eigenvalue weighted by molar-refractivity contribution is 6.32. The summed E-state index contributed by atoms with van der Waals surface area (Å²) in [6.45, 7) is 3.08. The Morgan fingerprint density at radius 1 is 1.16 bits per heavy atom. The highest BCUT2D eigenvalue weighted by Gasteiger charge is 2.37. The predicted octanol–water partition coefficient (Wildman–Crippen LogP) is 4.81. The summed E-state index contributed by atoms with van der Waals surface area (Å²) in [5, 5.41) is 3.89. The van der Waals surface area contributed by atoms with Gasteiger partial charge in [-0.05, 0) is 31.5 Å². The molecule has 0 aliphatic heterocycles. The van der Waals surface area contributed by atoms with Crippen molar-refractivity contribution in [1.82, 2.24) is 9.78 Å². The zero-order valence-corrected chi connectivity index (χ0v) is 11.5. The van der Waals surface area contributed by atoms with Gasteiger partial charge in [0.05, 0.1) is 5.69 Å². The van der Waals surface area contributed by atoms with Crippen molar-refractivity contribution in [3.8, 4) is 5.69 Å². The highest BCUT2D eigenvalue weighted by Crippen LogP contribution is 2.35. The van der Waals surface area contributed by atoms with Gasteiger partial charge < -0.3 is 0 Å². The Bertz CT molecular complexity index is 633. The van der Waals surface area contributed by atoms with Crippen LogP contribution in [0, 0.1) is 13.8 Å². The monoisotopic (exact) mass is 308 g/mol. The van der Waals surface area contributed by atoms with Crippen molar-refractivity contribution in [1.29, 1.82) is 0 Å². The molecule has 0 unspecified atom stereocenters. The second kappa shape index (κ2) is 4.72. The van der Waals surface area contributed by atoms with Gasteiger partial charge in [0, 0.05) is 10.6 Å². The van der Waals surface area contributed by atoms with E-state index in [0.29, 0.717) is 10.7 Å². The molecule has 0 aliphatic carbocycles. The van der Waals surface area contributed by atoms with Crippen LogP contribution in [0.4, 0.5) is 13.2 Å². The van der Waals surface area contributed by atoms with Crippen LogP contribution in [0.25, 0.3) is 5.69 Å². The molecular formula is C12H9Cl2F3N2. The number of hydrogen-bond acceptors (Lipinski definition) is 1. The average molecular weight is 309 g/mol. The van der Waals surface area contributed by atoms with E-state index >= 15 is 0 Å². The summed E-state index contributed by atoms with van der Waals surface area (Å²) in [4.78, 5) is 0. The van der Waals surface area contributed by atoms with Gasteiger partial charge in [0.25, 0.3) is 0 Å². The third-order valence-corrected chi connectivity index (χ3v) is 3.57. The molecule has 7 heteroatoms. The Morgan fingerprint density at radius 3 is 2.26 bits per heavy atom. The fourth-order valence-electron chi connectivity index (χ4n) is 1.63. The lowest BCUT2D eigenvalue weighted by molar-refractivity contribution is -0.141. The van der Waals surface area contributed by atoms with Crippen molar-refractivity contribution in [2.75, 3.05) is 0 Å². The maximum atomic E-state index is 12.7.